The molecule has 0 aromatic rings. The molecule has 2 fully saturated rings. The van der Waals surface area contributed by atoms with Crippen molar-refractivity contribution in [3.63, 3.8) is 0 Å². The molecule has 76 valence electrons. The lowest BCUT2D eigenvalue weighted by Crippen LogP contribution is -2.33. The maximum Gasteiger partial charge on any atom is 0.159 e. The van der Waals surface area contributed by atoms with Crippen molar-refractivity contribution in [1.29, 1.82) is 0 Å². The highest BCUT2D eigenvalue weighted by Crippen LogP contribution is 2.51. The highest BCUT2D eigenvalue weighted by molar-refractivity contribution is 7.21. The van der Waals surface area contributed by atoms with E-state index in [2.05, 4.69) is 6.55 Å². The number of rotatable bonds is 2. The summed E-state index contributed by atoms with van der Waals surface area (Å²) in [7, 11) is -1.36. The van der Waals surface area contributed by atoms with Gasteiger partial charge in [-0.1, -0.05) is 57.9 Å². The summed E-state index contributed by atoms with van der Waals surface area (Å²) in [6, 6.07) is 0. The maximum atomic E-state index is 6.89. The zero-order valence-corrected chi connectivity index (χ0v) is 10.4. The second-order valence-electron chi connectivity index (χ2n) is 5.11. The van der Waals surface area contributed by atoms with Crippen molar-refractivity contribution < 1.29 is 0 Å². The van der Waals surface area contributed by atoms with Gasteiger partial charge in [-0.05, 0) is 11.1 Å². The third-order valence-corrected chi connectivity index (χ3v) is 10.5. The highest BCUT2D eigenvalue weighted by Gasteiger charge is 2.44. The first kappa shape index (κ1) is 10.0. The molecule has 0 bridgehead atoms. The topological polar surface area (TPSA) is 0 Å². The van der Waals surface area contributed by atoms with Crippen LogP contribution in [0.25, 0.3) is 0 Å². The fourth-order valence-electron chi connectivity index (χ4n) is 3.31. The summed E-state index contributed by atoms with van der Waals surface area (Å²) in [6.07, 6.45) is 11.6. The second kappa shape index (κ2) is 3.94. The molecule has 0 saturated heterocycles. The van der Waals surface area contributed by atoms with Crippen LogP contribution < -0.4 is 0 Å². The van der Waals surface area contributed by atoms with Crippen LogP contribution in [0.5, 0.6) is 0 Å². The van der Waals surface area contributed by atoms with Gasteiger partial charge in [-0.25, -0.2) is 0 Å². The first-order valence-electron chi connectivity index (χ1n) is 5.90. The van der Waals surface area contributed by atoms with E-state index < -0.39 is 7.38 Å². The Labute approximate surface area is 87.8 Å². The third-order valence-electron chi connectivity index (χ3n) is 4.31. The van der Waals surface area contributed by atoms with Crippen LogP contribution in [0.2, 0.25) is 17.6 Å². The molecule has 0 unspecified atom stereocenters. The zero-order chi connectivity index (χ0) is 9.31. The zero-order valence-electron chi connectivity index (χ0n) is 8.69. The quantitative estimate of drug-likeness (QED) is 0.464. The van der Waals surface area contributed by atoms with E-state index in [-0.39, 0.29) is 0 Å². The van der Waals surface area contributed by atoms with Crippen LogP contribution >= 0.6 is 11.1 Å². The Bertz CT molecular complexity index is 149. The van der Waals surface area contributed by atoms with Gasteiger partial charge >= 0.3 is 0 Å². The fourth-order valence-corrected chi connectivity index (χ4v) is 8.36. The van der Waals surface area contributed by atoms with Crippen molar-refractivity contribution in [1.82, 2.24) is 0 Å². The van der Waals surface area contributed by atoms with Crippen molar-refractivity contribution in [2.45, 2.75) is 69.0 Å². The molecular weight excluding hydrogens is 196 g/mol. The molecule has 13 heavy (non-hydrogen) atoms. The average Bonchev–Trinajstić information content (AvgIpc) is 2.78. The number of hydrogen-bond acceptors (Lipinski definition) is 0. The minimum absolute atomic E-state index is 0.956. The van der Waals surface area contributed by atoms with E-state index in [4.69, 9.17) is 11.1 Å². The van der Waals surface area contributed by atoms with E-state index in [1.165, 1.54) is 51.4 Å². The standard InChI is InChI=1S/C11H21ClSi/c1-13(12,10-6-2-3-7-10)11-8-4-5-9-11/h10-11H,2-9H2,1H3. The van der Waals surface area contributed by atoms with E-state index in [0.717, 1.165) is 11.1 Å². The van der Waals surface area contributed by atoms with Crippen LogP contribution in [0.4, 0.5) is 0 Å². The normalized spacial score (nSPS) is 27.2. The molecule has 2 rings (SSSR count). The molecule has 0 N–H and O–H groups in total. The molecule has 2 aliphatic rings. The van der Waals surface area contributed by atoms with Crippen molar-refractivity contribution in [3.05, 3.63) is 0 Å². The van der Waals surface area contributed by atoms with Gasteiger partial charge in [0.05, 0.1) is 0 Å². The van der Waals surface area contributed by atoms with Crippen LogP contribution in [-0.2, 0) is 0 Å². The van der Waals surface area contributed by atoms with E-state index in [9.17, 15) is 0 Å². The van der Waals surface area contributed by atoms with Gasteiger partial charge in [-0.15, -0.1) is 0 Å². The first-order chi connectivity index (χ1) is 6.21. The van der Waals surface area contributed by atoms with Crippen molar-refractivity contribution in [3.8, 4) is 0 Å². The highest BCUT2D eigenvalue weighted by atomic mass is 35.6. The van der Waals surface area contributed by atoms with Gasteiger partial charge in [0.2, 0.25) is 0 Å². The monoisotopic (exact) mass is 216 g/mol. The minimum Gasteiger partial charge on any atom is -0.167 e. The average molecular weight is 217 g/mol. The largest absolute Gasteiger partial charge is 0.167 e. The number of halogens is 1. The predicted octanol–water partition coefficient (Wildman–Crippen LogP) is 4.69. The van der Waals surface area contributed by atoms with Gasteiger partial charge in [0.15, 0.2) is 7.38 Å². The molecule has 0 spiro atoms. The van der Waals surface area contributed by atoms with Crippen LogP contribution in [0.1, 0.15) is 51.4 Å². The van der Waals surface area contributed by atoms with E-state index >= 15 is 0 Å². The van der Waals surface area contributed by atoms with Gasteiger partial charge in [-0.2, -0.15) is 11.1 Å². The van der Waals surface area contributed by atoms with Crippen molar-refractivity contribution in [2.75, 3.05) is 0 Å². The van der Waals surface area contributed by atoms with Crippen molar-refractivity contribution >= 4 is 18.5 Å². The van der Waals surface area contributed by atoms with Gasteiger partial charge in [0, 0.05) is 0 Å². The Kier molecular flexibility index (Phi) is 3.04. The molecule has 0 amide bonds. The van der Waals surface area contributed by atoms with E-state index in [1.54, 1.807) is 0 Å². The Balaban J connectivity index is 1.99. The van der Waals surface area contributed by atoms with Gasteiger partial charge < -0.3 is 0 Å². The molecule has 0 radical (unpaired) electrons. The number of hydrogen-bond donors (Lipinski definition) is 0. The molecule has 0 nitrogen and oxygen atoms in total. The molecule has 2 aliphatic carbocycles. The minimum atomic E-state index is -1.36. The molecule has 0 heterocycles. The lowest BCUT2D eigenvalue weighted by Gasteiger charge is -2.32. The molecule has 0 aromatic carbocycles. The summed E-state index contributed by atoms with van der Waals surface area (Å²) < 4.78 is 0. The smallest absolute Gasteiger partial charge is 0.159 e. The summed E-state index contributed by atoms with van der Waals surface area (Å²) in [5, 5.41) is 0. The Morgan fingerprint density at radius 2 is 1.15 bits per heavy atom. The summed E-state index contributed by atoms with van der Waals surface area (Å²) >= 11 is 6.89. The fraction of sp³-hybridized carbons (Fsp3) is 1.00. The van der Waals surface area contributed by atoms with Crippen molar-refractivity contribution in [2.24, 2.45) is 0 Å². The summed E-state index contributed by atoms with van der Waals surface area (Å²) in [4.78, 5) is 0. The lowest BCUT2D eigenvalue weighted by atomic mass is 10.3. The second-order valence-corrected chi connectivity index (χ2v) is 11.5. The van der Waals surface area contributed by atoms with Gasteiger partial charge in [-0.3, -0.25) is 0 Å². The Morgan fingerprint density at radius 3 is 1.46 bits per heavy atom. The molecule has 0 aliphatic heterocycles. The van der Waals surface area contributed by atoms with Crippen LogP contribution in [0.15, 0.2) is 0 Å². The molecule has 2 heteroatoms. The predicted molar refractivity (Wildman–Crippen MR) is 61.9 cm³/mol. The lowest BCUT2D eigenvalue weighted by molar-refractivity contribution is 0.767. The summed E-state index contributed by atoms with van der Waals surface area (Å²) in [5.41, 5.74) is 1.91. The van der Waals surface area contributed by atoms with E-state index in [0.29, 0.717) is 0 Å². The Hall–Kier alpha value is 0.507. The van der Waals surface area contributed by atoms with Gasteiger partial charge in [0.1, 0.15) is 0 Å². The van der Waals surface area contributed by atoms with Crippen LogP contribution in [0, 0.1) is 0 Å². The van der Waals surface area contributed by atoms with Crippen LogP contribution in [0.3, 0.4) is 0 Å². The first-order valence-corrected chi connectivity index (χ1v) is 9.57. The van der Waals surface area contributed by atoms with Gasteiger partial charge in [0.25, 0.3) is 0 Å². The molecule has 0 atom stereocenters. The summed E-state index contributed by atoms with van der Waals surface area (Å²) in [5.74, 6) is 0. The third kappa shape index (κ3) is 1.97. The molecular formula is C11H21ClSi. The summed E-state index contributed by atoms with van der Waals surface area (Å²) in [6.45, 7) is 2.44. The molecule has 0 aromatic heterocycles. The Morgan fingerprint density at radius 1 is 0.846 bits per heavy atom. The SMILES string of the molecule is C[Si](Cl)(C1CCCC1)C1CCCC1. The van der Waals surface area contributed by atoms with E-state index in [1.807, 2.05) is 0 Å². The molecule has 2 saturated carbocycles. The maximum absolute atomic E-state index is 6.89. The van der Waals surface area contributed by atoms with Crippen LogP contribution in [-0.4, -0.2) is 7.38 Å².